The Labute approximate surface area is 112 Å². The van der Waals surface area contributed by atoms with Crippen molar-refractivity contribution in [2.45, 2.75) is 39.7 Å². The third-order valence-electron chi connectivity index (χ3n) is 3.21. The fraction of sp³-hybridized carbons (Fsp3) is 0.667. The van der Waals surface area contributed by atoms with Crippen molar-refractivity contribution < 1.29 is 4.92 Å². The molecule has 1 fully saturated rings. The van der Waals surface area contributed by atoms with Gasteiger partial charge in [0.1, 0.15) is 5.69 Å². The fourth-order valence-electron chi connectivity index (χ4n) is 1.90. The first-order chi connectivity index (χ1) is 9.02. The van der Waals surface area contributed by atoms with Crippen LogP contribution in [0.25, 0.3) is 0 Å². The van der Waals surface area contributed by atoms with Crippen LogP contribution in [0.15, 0.2) is 0 Å². The lowest BCUT2D eigenvalue weighted by atomic mass is 10.3. The van der Waals surface area contributed by atoms with Crippen molar-refractivity contribution in [3.05, 3.63) is 15.8 Å². The molecule has 19 heavy (non-hydrogen) atoms. The highest BCUT2D eigenvalue weighted by Crippen LogP contribution is 2.35. The zero-order valence-corrected chi connectivity index (χ0v) is 11.4. The highest BCUT2D eigenvalue weighted by Gasteiger charge is 2.35. The van der Waals surface area contributed by atoms with Gasteiger partial charge in [0.2, 0.25) is 11.8 Å². The van der Waals surface area contributed by atoms with E-state index in [0.717, 1.165) is 19.4 Å². The van der Waals surface area contributed by atoms with Crippen LogP contribution < -0.4 is 10.6 Å². The highest BCUT2D eigenvalue weighted by molar-refractivity contribution is 5.61. The van der Waals surface area contributed by atoms with Gasteiger partial charge in [0.05, 0.1) is 4.92 Å². The summed E-state index contributed by atoms with van der Waals surface area (Å²) in [6.07, 6.45) is 1.97. The Bertz CT molecular complexity index is 491. The minimum absolute atomic E-state index is 0.0267. The van der Waals surface area contributed by atoms with E-state index >= 15 is 0 Å². The first kappa shape index (κ1) is 13.5. The number of rotatable bonds is 6. The topological polar surface area (TPSA) is 93.0 Å². The normalized spacial score (nSPS) is 21.0. The zero-order valence-electron chi connectivity index (χ0n) is 11.4. The van der Waals surface area contributed by atoms with Gasteiger partial charge in [-0.15, -0.1) is 0 Å². The minimum atomic E-state index is -0.422. The maximum Gasteiger partial charge on any atom is 0.332 e. The Morgan fingerprint density at radius 3 is 2.68 bits per heavy atom. The molecule has 0 amide bonds. The Balaban J connectivity index is 2.28. The van der Waals surface area contributed by atoms with Crippen molar-refractivity contribution in [2.24, 2.45) is 5.92 Å². The largest absolute Gasteiger partial charge is 0.361 e. The molecule has 2 atom stereocenters. The molecule has 0 aromatic carbocycles. The molecule has 1 aliphatic rings. The molecule has 1 aromatic heterocycles. The Hall–Kier alpha value is -1.92. The van der Waals surface area contributed by atoms with Crippen LogP contribution >= 0.6 is 0 Å². The van der Waals surface area contributed by atoms with Gasteiger partial charge in [-0.05, 0) is 25.7 Å². The molecule has 1 saturated carbocycles. The van der Waals surface area contributed by atoms with Gasteiger partial charge in [-0.1, -0.05) is 13.8 Å². The summed E-state index contributed by atoms with van der Waals surface area (Å²) < 4.78 is 0. The summed E-state index contributed by atoms with van der Waals surface area (Å²) in [6.45, 7) is 6.53. The van der Waals surface area contributed by atoms with E-state index in [1.54, 1.807) is 6.92 Å². The maximum absolute atomic E-state index is 11.1. The van der Waals surface area contributed by atoms with Crippen LogP contribution in [0.1, 0.15) is 32.4 Å². The quantitative estimate of drug-likeness (QED) is 0.605. The Morgan fingerprint density at radius 2 is 2.16 bits per heavy atom. The van der Waals surface area contributed by atoms with Crippen LogP contribution in [0.2, 0.25) is 0 Å². The van der Waals surface area contributed by atoms with Gasteiger partial charge in [0.15, 0.2) is 0 Å². The van der Waals surface area contributed by atoms with Crippen LogP contribution in [0.5, 0.6) is 0 Å². The van der Waals surface area contributed by atoms with Crippen LogP contribution in [0, 0.1) is 23.0 Å². The zero-order chi connectivity index (χ0) is 14.0. The molecule has 2 rings (SSSR count). The Kier molecular flexibility index (Phi) is 3.82. The number of aromatic nitrogens is 2. The van der Waals surface area contributed by atoms with Gasteiger partial charge in [-0.3, -0.25) is 10.1 Å². The summed E-state index contributed by atoms with van der Waals surface area (Å²) in [5, 5.41) is 17.3. The van der Waals surface area contributed by atoms with E-state index in [2.05, 4.69) is 27.5 Å². The average Bonchev–Trinajstić information content (AvgIpc) is 3.01. The second-order valence-electron chi connectivity index (χ2n) is 4.98. The molecule has 1 aliphatic carbocycles. The molecule has 0 aliphatic heterocycles. The molecule has 7 nitrogen and oxygen atoms in total. The van der Waals surface area contributed by atoms with Gasteiger partial charge in [0.25, 0.3) is 0 Å². The highest BCUT2D eigenvalue weighted by atomic mass is 16.6. The van der Waals surface area contributed by atoms with Crippen molar-refractivity contribution >= 4 is 17.5 Å². The number of nitrogens with zero attached hydrogens (tertiary/aromatic N) is 3. The molecular weight excluding hydrogens is 246 g/mol. The predicted octanol–water partition coefficient (Wildman–Crippen LogP) is 2.34. The maximum atomic E-state index is 11.1. The van der Waals surface area contributed by atoms with Crippen LogP contribution in [0.3, 0.4) is 0 Å². The van der Waals surface area contributed by atoms with Crippen molar-refractivity contribution in [1.82, 2.24) is 9.97 Å². The van der Waals surface area contributed by atoms with E-state index in [4.69, 9.17) is 0 Å². The van der Waals surface area contributed by atoms with E-state index in [1.807, 2.05) is 6.92 Å². The van der Waals surface area contributed by atoms with Crippen LogP contribution in [-0.2, 0) is 0 Å². The number of hydrogen-bond donors (Lipinski definition) is 2. The summed E-state index contributed by atoms with van der Waals surface area (Å²) in [5.41, 5.74) is 0.357. The van der Waals surface area contributed by atoms with E-state index < -0.39 is 4.92 Å². The molecule has 0 spiro atoms. The van der Waals surface area contributed by atoms with Gasteiger partial charge in [0, 0.05) is 12.6 Å². The van der Waals surface area contributed by atoms with E-state index in [9.17, 15) is 10.1 Å². The lowest BCUT2D eigenvalue weighted by Gasteiger charge is -2.10. The van der Waals surface area contributed by atoms with Gasteiger partial charge < -0.3 is 10.6 Å². The summed E-state index contributed by atoms with van der Waals surface area (Å²) >= 11 is 0. The number of anilines is 2. The smallest absolute Gasteiger partial charge is 0.332 e. The number of aryl methyl sites for hydroxylation is 1. The number of hydrogen-bond acceptors (Lipinski definition) is 6. The van der Waals surface area contributed by atoms with E-state index in [-0.39, 0.29) is 11.7 Å². The van der Waals surface area contributed by atoms with Crippen molar-refractivity contribution in [1.29, 1.82) is 0 Å². The second-order valence-corrected chi connectivity index (χ2v) is 4.98. The molecule has 0 saturated heterocycles. The van der Waals surface area contributed by atoms with Crippen molar-refractivity contribution in [3.63, 3.8) is 0 Å². The third-order valence-corrected chi connectivity index (χ3v) is 3.21. The molecule has 7 heteroatoms. The molecule has 0 bridgehead atoms. The second kappa shape index (κ2) is 5.38. The first-order valence-electron chi connectivity index (χ1n) is 6.56. The lowest BCUT2D eigenvalue weighted by molar-refractivity contribution is -0.385. The van der Waals surface area contributed by atoms with E-state index in [1.165, 1.54) is 0 Å². The van der Waals surface area contributed by atoms with E-state index in [0.29, 0.717) is 23.4 Å². The van der Waals surface area contributed by atoms with Gasteiger partial charge in [-0.2, -0.15) is 4.98 Å². The summed E-state index contributed by atoms with van der Waals surface area (Å²) in [5.74, 6) is 1.31. The Morgan fingerprint density at radius 1 is 1.47 bits per heavy atom. The number of nitrogens with one attached hydrogen (secondary N) is 2. The summed E-state index contributed by atoms with van der Waals surface area (Å²) in [7, 11) is 0. The first-order valence-corrected chi connectivity index (χ1v) is 6.56. The summed E-state index contributed by atoms with van der Waals surface area (Å²) in [4.78, 5) is 19.1. The predicted molar refractivity (Wildman–Crippen MR) is 73.4 cm³/mol. The SMILES string of the molecule is CCCNc1nc(C)c([N+](=O)[O-])c(NC2CC2C)n1. The molecular formula is C12H19N5O2. The van der Waals surface area contributed by atoms with Crippen LogP contribution in [0.4, 0.5) is 17.5 Å². The molecule has 2 N–H and O–H groups in total. The van der Waals surface area contributed by atoms with Crippen molar-refractivity contribution in [2.75, 3.05) is 17.2 Å². The summed E-state index contributed by atoms with van der Waals surface area (Å²) in [6, 6.07) is 0.284. The fourth-order valence-corrected chi connectivity index (χ4v) is 1.90. The van der Waals surface area contributed by atoms with Gasteiger partial charge in [-0.25, -0.2) is 4.98 Å². The average molecular weight is 265 g/mol. The molecule has 0 radical (unpaired) electrons. The standard InChI is InChI=1S/C12H19N5O2/c1-4-5-13-12-14-8(3)10(17(18)19)11(16-12)15-9-6-7(9)2/h7,9H,4-6H2,1-3H3,(H2,13,14,15,16). The third kappa shape index (κ3) is 3.10. The molecule has 1 aromatic rings. The lowest BCUT2D eigenvalue weighted by Crippen LogP contribution is -2.13. The van der Waals surface area contributed by atoms with Crippen molar-refractivity contribution in [3.8, 4) is 0 Å². The minimum Gasteiger partial charge on any atom is -0.361 e. The van der Waals surface area contributed by atoms with Gasteiger partial charge >= 0.3 is 5.69 Å². The molecule has 1 heterocycles. The number of nitro groups is 1. The van der Waals surface area contributed by atoms with Crippen LogP contribution in [-0.4, -0.2) is 27.5 Å². The monoisotopic (exact) mass is 265 g/mol. The molecule has 104 valence electrons. The molecule has 2 unspecified atom stereocenters.